The van der Waals surface area contributed by atoms with Crippen LogP contribution in [0.1, 0.15) is 28.1 Å². The first kappa shape index (κ1) is 14.2. The van der Waals surface area contributed by atoms with Gasteiger partial charge in [0.15, 0.2) is 5.13 Å². The van der Waals surface area contributed by atoms with Crippen LogP contribution in [0.4, 0.5) is 5.13 Å². The van der Waals surface area contributed by atoms with Crippen molar-refractivity contribution < 1.29 is 14.8 Å². The summed E-state index contributed by atoms with van der Waals surface area (Å²) in [5.74, 6) is -1.18. The third kappa shape index (κ3) is 3.19. The Hall–Kier alpha value is -2.25. The van der Waals surface area contributed by atoms with Gasteiger partial charge in [-0.15, -0.1) is 0 Å². The van der Waals surface area contributed by atoms with Gasteiger partial charge in [0.25, 0.3) is 5.91 Å². The highest BCUT2D eigenvalue weighted by atomic mass is 32.1. The minimum atomic E-state index is -0.654. The van der Waals surface area contributed by atoms with Gasteiger partial charge in [-0.1, -0.05) is 41.7 Å². The number of carbonyl (C=O) groups excluding carboxylic acids is 2. The summed E-state index contributed by atoms with van der Waals surface area (Å²) in [4.78, 5) is 27.4. The van der Waals surface area contributed by atoms with Crippen molar-refractivity contribution in [3.05, 3.63) is 47.0 Å². The van der Waals surface area contributed by atoms with Crippen molar-refractivity contribution in [2.24, 2.45) is 0 Å². The first-order valence-electron chi connectivity index (χ1n) is 5.88. The van der Waals surface area contributed by atoms with Crippen molar-refractivity contribution in [1.29, 1.82) is 0 Å². The standard InChI is InChI=1S/C13H13N3O3S/c1-8(9-5-3-2-4-6-9)11(17)15-13-14-7-10(20-13)12(18)16-19/h2-8,19H,1H3,(H,16,18)(H,14,15,17). The Kier molecular flexibility index (Phi) is 4.44. The molecule has 1 heterocycles. The number of rotatable bonds is 4. The Morgan fingerprint density at radius 3 is 2.65 bits per heavy atom. The molecule has 0 aliphatic rings. The lowest BCUT2D eigenvalue weighted by atomic mass is 10.0. The molecule has 0 spiro atoms. The van der Waals surface area contributed by atoms with E-state index >= 15 is 0 Å². The van der Waals surface area contributed by atoms with Gasteiger partial charge in [-0.3, -0.25) is 14.8 Å². The predicted octanol–water partition coefficient (Wildman–Crippen LogP) is 2.00. The lowest BCUT2D eigenvalue weighted by molar-refractivity contribution is -0.117. The Bertz CT molecular complexity index is 612. The maximum Gasteiger partial charge on any atom is 0.286 e. The lowest BCUT2D eigenvalue weighted by Crippen LogP contribution is -2.18. The average Bonchev–Trinajstić information content (AvgIpc) is 2.95. The zero-order valence-corrected chi connectivity index (χ0v) is 11.5. The molecule has 2 rings (SSSR count). The molecule has 0 radical (unpaired) electrons. The number of aromatic nitrogens is 1. The van der Waals surface area contributed by atoms with E-state index < -0.39 is 5.91 Å². The van der Waals surface area contributed by atoms with E-state index in [1.54, 1.807) is 6.92 Å². The molecular weight excluding hydrogens is 278 g/mol. The summed E-state index contributed by atoms with van der Waals surface area (Å²) in [5, 5.41) is 11.5. The molecule has 0 bridgehead atoms. The Morgan fingerprint density at radius 2 is 2.00 bits per heavy atom. The summed E-state index contributed by atoms with van der Waals surface area (Å²) in [7, 11) is 0. The molecule has 1 atom stereocenters. The summed E-state index contributed by atoms with van der Waals surface area (Å²) in [6.45, 7) is 1.79. The monoisotopic (exact) mass is 291 g/mol. The van der Waals surface area contributed by atoms with Gasteiger partial charge >= 0.3 is 0 Å². The van der Waals surface area contributed by atoms with Crippen molar-refractivity contribution in [3.63, 3.8) is 0 Å². The number of hydrogen-bond donors (Lipinski definition) is 3. The summed E-state index contributed by atoms with van der Waals surface area (Å²) < 4.78 is 0. The summed E-state index contributed by atoms with van der Waals surface area (Å²) in [6, 6.07) is 9.36. The maximum absolute atomic E-state index is 12.1. The van der Waals surface area contributed by atoms with Crippen LogP contribution in [0.15, 0.2) is 36.5 Å². The summed E-state index contributed by atoms with van der Waals surface area (Å²) >= 11 is 0.991. The van der Waals surface area contributed by atoms with Crippen molar-refractivity contribution in [2.75, 3.05) is 5.32 Å². The van der Waals surface area contributed by atoms with E-state index in [9.17, 15) is 9.59 Å². The summed E-state index contributed by atoms with van der Waals surface area (Å²) in [5.41, 5.74) is 2.41. The molecule has 1 aromatic heterocycles. The second-order valence-electron chi connectivity index (χ2n) is 4.09. The van der Waals surface area contributed by atoms with Gasteiger partial charge in [0.05, 0.1) is 12.1 Å². The van der Waals surface area contributed by atoms with E-state index in [1.165, 1.54) is 11.7 Å². The molecule has 0 saturated heterocycles. The second kappa shape index (κ2) is 6.27. The lowest BCUT2D eigenvalue weighted by Gasteiger charge is -2.10. The number of thiazole rings is 1. The number of nitrogens with zero attached hydrogens (tertiary/aromatic N) is 1. The van der Waals surface area contributed by atoms with Gasteiger partial charge in [-0.2, -0.15) is 0 Å². The molecule has 2 aromatic rings. The smallest absolute Gasteiger partial charge is 0.286 e. The predicted molar refractivity (Wildman–Crippen MR) is 74.9 cm³/mol. The normalized spacial score (nSPS) is 11.7. The molecule has 1 unspecified atom stereocenters. The van der Waals surface area contributed by atoms with Gasteiger partial charge in [0.1, 0.15) is 4.88 Å². The van der Waals surface area contributed by atoms with Crippen LogP contribution in [-0.2, 0) is 4.79 Å². The highest BCUT2D eigenvalue weighted by Crippen LogP contribution is 2.21. The van der Waals surface area contributed by atoms with Crippen molar-refractivity contribution in [2.45, 2.75) is 12.8 Å². The fraction of sp³-hybridized carbons (Fsp3) is 0.154. The Morgan fingerprint density at radius 1 is 1.30 bits per heavy atom. The van der Waals surface area contributed by atoms with Gasteiger partial charge in [-0.25, -0.2) is 10.5 Å². The zero-order valence-electron chi connectivity index (χ0n) is 10.7. The van der Waals surface area contributed by atoms with Crippen LogP contribution in [0.3, 0.4) is 0 Å². The molecular formula is C13H13N3O3S. The van der Waals surface area contributed by atoms with Crippen LogP contribution >= 0.6 is 11.3 Å². The Balaban J connectivity index is 2.04. The van der Waals surface area contributed by atoms with Crippen LogP contribution < -0.4 is 10.8 Å². The van der Waals surface area contributed by atoms with Crippen molar-refractivity contribution in [3.8, 4) is 0 Å². The minimum absolute atomic E-state index is 0.207. The van der Waals surface area contributed by atoms with Gasteiger partial charge in [0.2, 0.25) is 5.91 Å². The number of carbonyl (C=O) groups is 2. The van der Waals surface area contributed by atoms with Gasteiger partial charge < -0.3 is 5.32 Å². The van der Waals surface area contributed by atoms with Crippen LogP contribution in [-0.4, -0.2) is 22.0 Å². The first-order chi connectivity index (χ1) is 9.61. The third-order valence-corrected chi connectivity index (χ3v) is 3.67. The highest BCUT2D eigenvalue weighted by molar-refractivity contribution is 7.17. The van der Waals surface area contributed by atoms with E-state index in [0.717, 1.165) is 16.9 Å². The van der Waals surface area contributed by atoms with Crippen LogP contribution in [0.25, 0.3) is 0 Å². The average molecular weight is 291 g/mol. The maximum atomic E-state index is 12.1. The molecule has 104 valence electrons. The number of benzene rings is 1. The van der Waals surface area contributed by atoms with Gasteiger partial charge in [-0.05, 0) is 12.5 Å². The number of hydroxylamine groups is 1. The van der Waals surface area contributed by atoms with E-state index in [2.05, 4.69) is 10.3 Å². The number of nitrogens with one attached hydrogen (secondary N) is 2. The van der Waals surface area contributed by atoms with Crippen LogP contribution in [0, 0.1) is 0 Å². The molecule has 0 aliphatic heterocycles. The quantitative estimate of drug-likeness (QED) is 0.593. The number of hydrogen-bond acceptors (Lipinski definition) is 5. The highest BCUT2D eigenvalue weighted by Gasteiger charge is 2.17. The third-order valence-electron chi connectivity index (χ3n) is 2.75. The molecule has 6 nitrogen and oxygen atoms in total. The molecule has 0 aliphatic carbocycles. The molecule has 0 fully saturated rings. The fourth-order valence-corrected chi connectivity index (χ4v) is 2.31. The van der Waals surface area contributed by atoms with E-state index in [1.807, 2.05) is 30.3 Å². The molecule has 20 heavy (non-hydrogen) atoms. The van der Waals surface area contributed by atoms with E-state index in [-0.39, 0.29) is 16.7 Å². The van der Waals surface area contributed by atoms with Crippen molar-refractivity contribution in [1.82, 2.24) is 10.5 Å². The zero-order chi connectivity index (χ0) is 14.5. The fourth-order valence-electron chi connectivity index (χ4n) is 1.60. The van der Waals surface area contributed by atoms with E-state index in [0.29, 0.717) is 5.13 Å². The number of amides is 2. The van der Waals surface area contributed by atoms with Gasteiger partial charge in [0, 0.05) is 0 Å². The Labute approximate surface area is 119 Å². The van der Waals surface area contributed by atoms with E-state index in [4.69, 9.17) is 5.21 Å². The molecule has 0 saturated carbocycles. The SMILES string of the molecule is CC(C(=O)Nc1ncc(C(=O)NO)s1)c1ccccc1. The number of anilines is 1. The molecule has 2 amide bonds. The van der Waals surface area contributed by atoms with Crippen LogP contribution in [0.2, 0.25) is 0 Å². The van der Waals surface area contributed by atoms with Crippen molar-refractivity contribution >= 4 is 28.3 Å². The first-order valence-corrected chi connectivity index (χ1v) is 6.69. The van der Waals surface area contributed by atoms with Crippen LogP contribution in [0.5, 0.6) is 0 Å². The minimum Gasteiger partial charge on any atom is -0.301 e. The topological polar surface area (TPSA) is 91.3 Å². The largest absolute Gasteiger partial charge is 0.301 e. The molecule has 7 heteroatoms. The second-order valence-corrected chi connectivity index (χ2v) is 5.12. The summed E-state index contributed by atoms with van der Waals surface area (Å²) in [6.07, 6.45) is 1.29. The molecule has 1 aromatic carbocycles. The molecule has 3 N–H and O–H groups in total.